The monoisotopic (exact) mass is 299 g/mol. The fourth-order valence-electron chi connectivity index (χ4n) is 2.86. The van der Waals surface area contributed by atoms with Crippen molar-refractivity contribution in [2.45, 2.75) is 25.3 Å². The molecule has 116 valence electrons. The summed E-state index contributed by atoms with van der Waals surface area (Å²) in [5.41, 5.74) is 0.152. The van der Waals surface area contributed by atoms with E-state index in [9.17, 15) is 9.59 Å². The lowest BCUT2D eigenvalue weighted by molar-refractivity contribution is -0.146. The van der Waals surface area contributed by atoms with Crippen LogP contribution in [0, 0.1) is 5.41 Å². The molecule has 22 heavy (non-hydrogen) atoms. The van der Waals surface area contributed by atoms with Crippen LogP contribution in [0.15, 0.2) is 55.6 Å². The molecule has 1 fully saturated rings. The number of esters is 1. The molecule has 1 heterocycles. The van der Waals surface area contributed by atoms with Crippen molar-refractivity contribution in [3.8, 4) is 0 Å². The van der Waals surface area contributed by atoms with E-state index in [1.54, 1.807) is 12.2 Å². The normalized spacial score (nSPS) is 19.3. The van der Waals surface area contributed by atoms with Crippen molar-refractivity contribution in [2.24, 2.45) is 5.41 Å². The average molecular weight is 299 g/mol. The Morgan fingerprint density at radius 3 is 2.50 bits per heavy atom. The van der Waals surface area contributed by atoms with Crippen LogP contribution >= 0.6 is 0 Å². The van der Waals surface area contributed by atoms with Gasteiger partial charge in [0.2, 0.25) is 5.91 Å². The molecular weight excluding hydrogens is 278 g/mol. The van der Waals surface area contributed by atoms with Gasteiger partial charge < -0.3 is 10.1 Å². The smallest absolute Gasteiger partial charge is 0.315 e. The minimum absolute atomic E-state index is 0.119. The van der Waals surface area contributed by atoms with Crippen LogP contribution in [-0.2, 0) is 20.7 Å². The first-order valence-electron chi connectivity index (χ1n) is 7.34. The van der Waals surface area contributed by atoms with E-state index in [1.165, 1.54) is 0 Å². The van der Waals surface area contributed by atoms with Gasteiger partial charge in [-0.3, -0.25) is 9.59 Å². The molecule has 1 aliphatic heterocycles. The molecule has 1 N–H and O–H groups in total. The highest BCUT2D eigenvalue weighted by atomic mass is 16.5. The van der Waals surface area contributed by atoms with Crippen LogP contribution in [0.25, 0.3) is 0 Å². The molecule has 0 saturated carbocycles. The van der Waals surface area contributed by atoms with Gasteiger partial charge in [0.25, 0.3) is 0 Å². The molecule has 0 aromatic heterocycles. The van der Waals surface area contributed by atoms with Gasteiger partial charge in [-0.2, -0.15) is 0 Å². The third-order valence-corrected chi connectivity index (χ3v) is 4.01. The van der Waals surface area contributed by atoms with Gasteiger partial charge in [-0.25, -0.2) is 0 Å². The van der Waals surface area contributed by atoms with E-state index >= 15 is 0 Å². The molecule has 0 unspecified atom stereocenters. The van der Waals surface area contributed by atoms with Crippen molar-refractivity contribution in [3.05, 3.63) is 61.2 Å². The lowest BCUT2D eigenvalue weighted by atomic mass is 9.76. The summed E-state index contributed by atoms with van der Waals surface area (Å²) in [5.74, 6) is -0.413. The Morgan fingerprint density at radius 1 is 1.27 bits per heavy atom. The van der Waals surface area contributed by atoms with Crippen LogP contribution in [0.2, 0.25) is 0 Å². The summed E-state index contributed by atoms with van der Waals surface area (Å²) in [6.45, 7) is 7.62. The predicted octanol–water partition coefficient (Wildman–Crippen LogP) is 2.41. The van der Waals surface area contributed by atoms with E-state index in [0.717, 1.165) is 5.56 Å². The quantitative estimate of drug-likeness (QED) is 0.621. The molecule has 1 atom stereocenters. The molecule has 0 spiro atoms. The van der Waals surface area contributed by atoms with Crippen molar-refractivity contribution in [1.82, 2.24) is 5.32 Å². The second-order valence-electron chi connectivity index (χ2n) is 5.52. The number of rotatable bonds is 7. The Morgan fingerprint density at radius 2 is 1.91 bits per heavy atom. The van der Waals surface area contributed by atoms with Gasteiger partial charge in [0.05, 0.1) is 17.9 Å². The largest absolute Gasteiger partial charge is 0.463 e. The lowest BCUT2D eigenvalue weighted by Gasteiger charge is -2.29. The molecule has 1 aliphatic rings. The number of hydrogen-bond acceptors (Lipinski definition) is 3. The molecular formula is C18H21NO3. The van der Waals surface area contributed by atoms with Crippen molar-refractivity contribution in [3.63, 3.8) is 0 Å². The summed E-state index contributed by atoms with van der Waals surface area (Å²) >= 11 is 0. The number of amides is 1. The maximum Gasteiger partial charge on any atom is 0.315 e. The first kappa shape index (κ1) is 16.0. The molecule has 1 saturated heterocycles. The first-order chi connectivity index (χ1) is 10.6. The zero-order valence-electron chi connectivity index (χ0n) is 12.6. The van der Waals surface area contributed by atoms with Crippen molar-refractivity contribution >= 4 is 11.9 Å². The number of hydrogen-bond donors (Lipinski definition) is 1. The molecule has 0 bridgehead atoms. The molecule has 2 rings (SSSR count). The van der Waals surface area contributed by atoms with Gasteiger partial charge in [0, 0.05) is 0 Å². The Balaban J connectivity index is 2.09. The summed E-state index contributed by atoms with van der Waals surface area (Å²) in [7, 11) is 0. The Labute approximate surface area is 130 Å². The fourth-order valence-corrected chi connectivity index (χ4v) is 2.86. The zero-order chi connectivity index (χ0) is 16.0. The molecule has 1 aromatic carbocycles. The van der Waals surface area contributed by atoms with E-state index in [2.05, 4.69) is 18.5 Å². The Kier molecular flexibility index (Phi) is 5.15. The van der Waals surface area contributed by atoms with Gasteiger partial charge in [-0.1, -0.05) is 42.5 Å². The summed E-state index contributed by atoms with van der Waals surface area (Å²) in [6, 6.07) is 9.14. The third kappa shape index (κ3) is 3.27. The standard InChI is InChI=1S/C18H21NO3/c1-3-10-18(11-4-2)15(13-22-17(18)21)19-16(20)12-14-8-6-5-7-9-14/h3-9,15H,1-2,10-13H2,(H,19,20)/t15-/m1/s1. The number of nitrogens with one attached hydrogen (secondary N) is 1. The van der Waals surface area contributed by atoms with E-state index in [-0.39, 0.29) is 30.9 Å². The van der Waals surface area contributed by atoms with Crippen LogP contribution in [0.4, 0.5) is 0 Å². The highest BCUT2D eigenvalue weighted by Crippen LogP contribution is 2.38. The number of allylic oxidation sites excluding steroid dienone is 2. The number of ether oxygens (including phenoxy) is 1. The van der Waals surface area contributed by atoms with E-state index in [4.69, 9.17) is 4.74 Å². The molecule has 4 heteroatoms. The SMILES string of the molecule is C=CCC1(CC=C)C(=O)OC[C@H]1NC(=O)Cc1ccccc1. The second kappa shape index (κ2) is 7.07. The van der Waals surface area contributed by atoms with E-state index in [1.807, 2.05) is 30.3 Å². The minimum Gasteiger partial charge on any atom is -0.463 e. The number of cyclic esters (lactones) is 1. The molecule has 0 radical (unpaired) electrons. The van der Waals surface area contributed by atoms with Crippen molar-refractivity contribution in [2.75, 3.05) is 6.61 Å². The van der Waals surface area contributed by atoms with Crippen LogP contribution < -0.4 is 5.32 Å². The fraction of sp³-hybridized carbons (Fsp3) is 0.333. The van der Waals surface area contributed by atoms with E-state index in [0.29, 0.717) is 12.8 Å². The number of carbonyl (C=O) groups is 2. The highest BCUT2D eigenvalue weighted by Gasteiger charge is 2.51. The lowest BCUT2D eigenvalue weighted by Crippen LogP contribution is -2.48. The second-order valence-corrected chi connectivity index (χ2v) is 5.52. The topological polar surface area (TPSA) is 55.4 Å². The first-order valence-corrected chi connectivity index (χ1v) is 7.34. The van der Waals surface area contributed by atoms with Crippen LogP contribution in [0.1, 0.15) is 18.4 Å². The van der Waals surface area contributed by atoms with Crippen molar-refractivity contribution < 1.29 is 14.3 Å². The number of benzene rings is 1. The molecule has 1 aromatic rings. The van der Waals surface area contributed by atoms with Crippen molar-refractivity contribution in [1.29, 1.82) is 0 Å². The molecule has 4 nitrogen and oxygen atoms in total. The predicted molar refractivity (Wildman–Crippen MR) is 85.1 cm³/mol. The Bertz CT molecular complexity index is 555. The highest BCUT2D eigenvalue weighted by molar-refractivity contribution is 5.84. The average Bonchev–Trinajstić information content (AvgIpc) is 2.78. The van der Waals surface area contributed by atoms with Gasteiger partial charge in [0.1, 0.15) is 6.61 Å². The Hall–Kier alpha value is -2.36. The molecule has 0 aliphatic carbocycles. The van der Waals surface area contributed by atoms with Gasteiger partial charge >= 0.3 is 5.97 Å². The van der Waals surface area contributed by atoms with Gasteiger partial charge in [0.15, 0.2) is 0 Å². The number of carbonyl (C=O) groups excluding carboxylic acids is 2. The summed E-state index contributed by atoms with van der Waals surface area (Å²) in [4.78, 5) is 24.4. The maximum atomic E-state index is 12.2. The minimum atomic E-state index is -0.782. The van der Waals surface area contributed by atoms with Crippen LogP contribution in [0.5, 0.6) is 0 Å². The third-order valence-electron chi connectivity index (χ3n) is 4.01. The summed E-state index contributed by atoms with van der Waals surface area (Å²) in [6.07, 6.45) is 4.56. The maximum absolute atomic E-state index is 12.2. The van der Waals surface area contributed by atoms with Crippen LogP contribution in [0.3, 0.4) is 0 Å². The summed E-state index contributed by atoms with van der Waals surface area (Å²) in [5, 5.41) is 2.94. The molecule has 1 amide bonds. The zero-order valence-corrected chi connectivity index (χ0v) is 12.6. The van der Waals surface area contributed by atoms with Gasteiger partial charge in [-0.05, 0) is 18.4 Å². The van der Waals surface area contributed by atoms with Gasteiger partial charge in [-0.15, -0.1) is 13.2 Å². The van der Waals surface area contributed by atoms with Crippen LogP contribution in [-0.4, -0.2) is 24.5 Å². The van der Waals surface area contributed by atoms with E-state index < -0.39 is 5.41 Å². The summed E-state index contributed by atoms with van der Waals surface area (Å²) < 4.78 is 5.19.